The van der Waals surface area contributed by atoms with Gasteiger partial charge in [-0.1, -0.05) is 0 Å². The first-order chi connectivity index (χ1) is 9.47. The number of aromatic amines is 1. The zero-order valence-corrected chi connectivity index (χ0v) is 11.0. The second kappa shape index (κ2) is 5.59. The van der Waals surface area contributed by atoms with Crippen LogP contribution in [0.2, 0.25) is 0 Å². The SMILES string of the molecule is CC(=O)OC[C@]1(n2ccc(=O)[nH]c2=O)CC[C@@H](CO)O1. The Morgan fingerprint density at radius 1 is 1.65 bits per heavy atom. The lowest BCUT2D eigenvalue weighted by Crippen LogP contribution is -2.47. The molecule has 1 saturated heterocycles. The number of esters is 1. The van der Waals surface area contributed by atoms with Gasteiger partial charge in [0.25, 0.3) is 5.56 Å². The number of ether oxygens (including phenoxy) is 2. The summed E-state index contributed by atoms with van der Waals surface area (Å²) in [6.45, 7) is 0.895. The fraction of sp³-hybridized carbons (Fsp3) is 0.583. The number of hydrogen-bond acceptors (Lipinski definition) is 6. The van der Waals surface area contributed by atoms with Gasteiger partial charge in [-0.05, 0) is 6.42 Å². The summed E-state index contributed by atoms with van der Waals surface area (Å²) < 4.78 is 11.8. The number of H-pyrrole nitrogens is 1. The van der Waals surface area contributed by atoms with Crippen LogP contribution in [-0.4, -0.2) is 39.9 Å². The molecule has 0 aliphatic carbocycles. The van der Waals surface area contributed by atoms with Gasteiger partial charge in [-0.2, -0.15) is 0 Å². The zero-order valence-electron chi connectivity index (χ0n) is 11.0. The molecule has 0 radical (unpaired) electrons. The number of aromatic nitrogens is 2. The second-order valence-corrected chi connectivity index (χ2v) is 4.67. The van der Waals surface area contributed by atoms with Crippen LogP contribution in [0.25, 0.3) is 0 Å². The fourth-order valence-electron chi connectivity index (χ4n) is 2.25. The Morgan fingerprint density at radius 3 is 2.95 bits per heavy atom. The Balaban J connectivity index is 2.38. The van der Waals surface area contributed by atoms with Crippen LogP contribution in [0.15, 0.2) is 21.9 Å². The minimum atomic E-state index is -1.19. The van der Waals surface area contributed by atoms with Crippen molar-refractivity contribution in [3.63, 3.8) is 0 Å². The maximum atomic E-state index is 11.9. The van der Waals surface area contributed by atoms with Gasteiger partial charge >= 0.3 is 11.7 Å². The lowest BCUT2D eigenvalue weighted by molar-refractivity contribution is -0.170. The number of nitrogens with zero attached hydrogens (tertiary/aromatic N) is 1. The molecule has 1 aliphatic heterocycles. The summed E-state index contributed by atoms with van der Waals surface area (Å²) in [4.78, 5) is 36.1. The fourth-order valence-corrected chi connectivity index (χ4v) is 2.25. The van der Waals surface area contributed by atoms with Gasteiger partial charge < -0.3 is 14.6 Å². The van der Waals surface area contributed by atoms with Crippen LogP contribution >= 0.6 is 0 Å². The Bertz CT molecular complexity index is 606. The molecule has 2 heterocycles. The third-order valence-electron chi connectivity index (χ3n) is 3.21. The maximum absolute atomic E-state index is 11.9. The van der Waals surface area contributed by atoms with Gasteiger partial charge in [-0.3, -0.25) is 19.1 Å². The molecule has 0 saturated carbocycles. The molecule has 1 aromatic rings. The first-order valence-electron chi connectivity index (χ1n) is 6.21. The van der Waals surface area contributed by atoms with E-state index >= 15 is 0 Å². The number of carbonyl (C=O) groups is 1. The summed E-state index contributed by atoms with van der Waals surface area (Å²) in [7, 11) is 0. The molecule has 2 atom stereocenters. The highest BCUT2D eigenvalue weighted by Crippen LogP contribution is 2.34. The maximum Gasteiger partial charge on any atom is 0.330 e. The van der Waals surface area contributed by atoms with Crippen LogP contribution in [-0.2, 0) is 20.0 Å². The summed E-state index contributed by atoms with van der Waals surface area (Å²) in [6, 6.07) is 1.19. The topological polar surface area (TPSA) is 111 Å². The van der Waals surface area contributed by atoms with E-state index in [1.54, 1.807) is 0 Å². The molecule has 0 amide bonds. The molecule has 1 aliphatic rings. The smallest absolute Gasteiger partial charge is 0.330 e. The standard InChI is InChI=1S/C12H16N2O6/c1-8(16)19-7-12(4-2-9(6-15)20-12)14-5-3-10(17)13-11(14)18/h3,5,9,15H,2,4,6-7H2,1H3,(H,13,17,18)/t9-,12-/m0/s1. The Morgan fingerprint density at radius 2 is 2.40 bits per heavy atom. The van der Waals surface area contributed by atoms with E-state index in [0.29, 0.717) is 12.8 Å². The van der Waals surface area contributed by atoms with Crippen molar-refractivity contribution in [3.8, 4) is 0 Å². The average Bonchev–Trinajstić information content (AvgIpc) is 2.81. The van der Waals surface area contributed by atoms with Gasteiger partial charge in [0.2, 0.25) is 0 Å². The quantitative estimate of drug-likeness (QED) is 0.681. The van der Waals surface area contributed by atoms with Crippen molar-refractivity contribution < 1.29 is 19.4 Å². The molecule has 1 aromatic heterocycles. The van der Waals surface area contributed by atoms with Crippen molar-refractivity contribution in [3.05, 3.63) is 33.1 Å². The molecule has 0 unspecified atom stereocenters. The van der Waals surface area contributed by atoms with E-state index in [-0.39, 0.29) is 13.2 Å². The van der Waals surface area contributed by atoms with E-state index in [4.69, 9.17) is 14.6 Å². The first-order valence-corrected chi connectivity index (χ1v) is 6.21. The van der Waals surface area contributed by atoms with Gasteiger partial charge in [0.1, 0.15) is 6.61 Å². The Kier molecular flexibility index (Phi) is 4.05. The van der Waals surface area contributed by atoms with Crippen molar-refractivity contribution >= 4 is 5.97 Å². The van der Waals surface area contributed by atoms with Crippen molar-refractivity contribution in [2.24, 2.45) is 0 Å². The molecule has 2 rings (SSSR count). The van der Waals surface area contributed by atoms with Crippen molar-refractivity contribution in [2.45, 2.75) is 31.6 Å². The van der Waals surface area contributed by atoms with Crippen LogP contribution in [0.5, 0.6) is 0 Å². The molecule has 8 heteroatoms. The van der Waals surface area contributed by atoms with Gasteiger partial charge in [0.05, 0.1) is 12.7 Å². The monoisotopic (exact) mass is 284 g/mol. The average molecular weight is 284 g/mol. The van der Waals surface area contributed by atoms with Crippen LogP contribution in [0, 0.1) is 0 Å². The highest BCUT2D eigenvalue weighted by molar-refractivity contribution is 5.65. The minimum Gasteiger partial charge on any atom is -0.461 e. The molecular formula is C12H16N2O6. The van der Waals surface area contributed by atoms with E-state index in [1.807, 2.05) is 0 Å². The molecule has 20 heavy (non-hydrogen) atoms. The predicted molar refractivity (Wildman–Crippen MR) is 67.1 cm³/mol. The largest absolute Gasteiger partial charge is 0.461 e. The normalized spacial score (nSPS) is 25.6. The highest BCUT2D eigenvalue weighted by atomic mass is 16.6. The minimum absolute atomic E-state index is 0.162. The number of aliphatic hydroxyl groups excluding tert-OH is 1. The van der Waals surface area contributed by atoms with Gasteiger partial charge in [0, 0.05) is 25.6 Å². The Hall–Kier alpha value is -1.93. The molecule has 0 aromatic carbocycles. The molecule has 1 fully saturated rings. The number of rotatable bonds is 4. The number of hydrogen-bond donors (Lipinski definition) is 2. The zero-order chi connectivity index (χ0) is 14.8. The number of aliphatic hydroxyl groups is 1. The molecule has 110 valence electrons. The molecule has 0 bridgehead atoms. The lowest BCUT2D eigenvalue weighted by Gasteiger charge is -2.30. The Labute approximate surface area is 114 Å². The van der Waals surface area contributed by atoms with Crippen LogP contribution < -0.4 is 11.2 Å². The van der Waals surface area contributed by atoms with E-state index in [9.17, 15) is 14.4 Å². The van der Waals surface area contributed by atoms with E-state index < -0.39 is 29.0 Å². The number of carbonyl (C=O) groups excluding carboxylic acids is 1. The van der Waals surface area contributed by atoms with Gasteiger partial charge in [0.15, 0.2) is 5.72 Å². The van der Waals surface area contributed by atoms with E-state index in [2.05, 4.69) is 4.98 Å². The van der Waals surface area contributed by atoms with E-state index in [0.717, 1.165) is 0 Å². The summed E-state index contributed by atoms with van der Waals surface area (Å²) in [5.41, 5.74) is -2.37. The van der Waals surface area contributed by atoms with Crippen molar-refractivity contribution in [2.75, 3.05) is 13.2 Å². The highest BCUT2D eigenvalue weighted by Gasteiger charge is 2.43. The predicted octanol–water partition coefficient (Wildman–Crippen LogP) is -1.08. The van der Waals surface area contributed by atoms with Crippen LogP contribution in [0.4, 0.5) is 0 Å². The molecule has 2 N–H and O–H groups in total. The van der Waals surface area contributed by atoms with Gasteiger partial charge in [-0.25, -0.2) is 4.79 Å². The summed E-state index contributed by atoms with van der Waals surface area (Å²) in [6.07, 6.45) is 1.76. The third-order valence-corrected chi connectivity index (χ3v) is 3.21. The van der Waals surface area contributed by atoms with Crippen LogP contribution in [0.1, 0.15) is 19.8 Å². The molecular weight excluding hydrogens is 268 g/mol. The van der Waals surface area contributed by atoms with Gasteiger partial charge in [-0.15, -0.1) is 0 Å². The summed E-state index contributed by atoms with van der Waals surface area (Å²) in [5, 5.41) is 9.16. The molecule has 8 nitrogen and oxygen atoms in total. The lowest BCUT2D eigenvalue weighted by atomic mass is 10.1. The summed E-state index contributed by atoms with van der Waals surface area (Å²) in [5.74, 6) is -0.502. The van der Waals surface area contributed by atoms with Crippen molar-refractivity contribution in [1.82, 2.24) is 9.55 Å². The van der Waals surface area contributed by atoms with Crippen LogP contribution in [0.3, 0.4) is 0 Å². The van der Waals surface area contributed by atoms with E-state index in [1.165, 1.54) is 23.8 Å². The second-order valence-electron chi connectivity index (χ2n) is 4.67. The summed E-state index contributed by atoms with van der Waals surface area (Å²) >= 11 is 0. The number of nitrogens with one attached hydrogen (secondary N) is 1. The third kappa shape index (κ3) is 2.81. The molecule has 0 spiro atoms. The first kappa shape index (κ1) is 14.5. The van der Waals surface area contributed by atoms with Crippen molar-refractivity contribution in [1.29, 1.82) is 0 Å².